The van der Waals surface area contributed by atoms with Gasteiger partial charge in [0.15, 0.2) is 0 Å². The quantitative estimate of drug-likeness (QED) is 0.767. The maximum absolute atomic E-state index is 12.6. The van der Waals surface area contributed by atoms with E-state index in [2.05, 4.69) is 10.4 Å². The average molecular weight is 385 g/mol. The molecule has 134 valence electrons. The molecule has 0 bridgehead atoms. The smallest absolute Gasteiger partial charge is 0.341 e. The van der Waals surface area contributed by atoms with Crippen LogP contribution in [0.25, 0.3) is 0 Å². The highest BCUT2D eigenvalue weighted by molar-refractivity contribution is 7.18. The van der Waals surface area contributed by atoms with Crippen molar-refractivity contribution in [3.8, 4) is 0 Å². The van der Waals surface area contributed by atoms with Crippen molar-refractivity contribution in [3.05, 3.63) is 32.9 Å². The van der Waals surface area contributed by atoms with Gasteiger partial charge in [-0.3, -0.25) is 14.3 Å². The van der Waals surface area contributed by atoms with E-state index in [1.54, 1.807) is 20.8 Å². The Morgan fingerprint density at radius 2 is 2.04 bits per heavy atom. The van der Waals surface area contributed by atoms with Gasteiger partial charge in [-0.1, -0.05) is 11.6 Å². The van der Waals surface area contributed by atoms with Gasteiger partial charge in [0, 0.05) is 0 Å². The second-order valence-electron chi connectivity index (χ2n) is 5.30. The summed E-state index contributed by atoms with van der Waals surface area (Å²) in [6.45, 7) is 4.94. The lowest BCUT2D eigenvalue weighted by Gasteiger charge is -2.14. The highest BCUT2D eigenvalue weighted by Gasteiger charge is 2.27. The highest BCUT2D eigenvalue weighted by Crippen LogP contribution is 2.34. The Balaban J connectivity index is 2.37. The Labute approximate surface area is 152 Å². The zero-order valence-corrected chi connectivity index (χ0v) is 15.6. The van der Waals surface area contributed by atoms with E-state index >= 15 is 0 Å². The molecule has 0 aromatic carbocycles. The van der Waals surface area contributed by atoms with Gasteiger partial charge in [0.25, 0.3) is 5.91 Å². The molecule has 0 spiro atoms. The van der Waals surface area contributed by atoms with Crippen molar-refractivity contribution in [3.63, 3.8) is 0 Å². The summed E-state index contributed by atoms with van der Waals surface area (Å²) in [7, 11) is 1.21. The van der Waals surface area contributed by atoms with Crippen LogP contribution in [0, 0.1) is 13.8 Å². The van der Waals surface area contributed by atoms with Crippen molar-refractivity contribution < 1.29 is 19.1 Å². The molecule has 0 aliphatic heterocycles. The molecule has 2 aromatic rings. The van der Waals surface area contributed by atoms with Crippen LogP contribution in [-0.4, -0.2) is 34.7 Å². The second kappa shape index (κ2) is 7.24. The lowest BCUT2D eigenvalue weighted by Crippen LogP contribution is -2.25. The SMILES string of the molecule is COC(=O)c1c(NC(=O)C(C)n2ncc(Cl)c2C)sc(C(N)=O)c1C. The monoisotopic (exact) mass is 384 g/mol. The van der Waals surface area contributed by atoms with Crippen LogP contribution in [0.3, 0.4) is 0 Å². The van der Waals surface area contributed by atoms with Gasteiger partial charge >= 0.3 is 5.97 Å². The van der Waals surface area contributed by atoms with Gasteiger partial charge in [0.1, 0.15) is 11.0 Å². The molecule has 0 saturated carbocycles. The Hall–Kier alpha value is -2.39. The van der Waals surface area contributed by atoms with Crippen molar-refractivity contribution in [1.82, 2.24) is 9.78 Å². The number of amides is 2. The number of carbonyl (C=O) groups is 3. The summed E-state index contributed by atoms with van der Waals surface area (Å²) in [4.78, 5) is 36.3. The van der Waals surface area contributed by atoms with Gasteiger partial charge < -0.3 is 15.8 Å². The number of nitrogens with two attached hydrogens (primary N) is 1. The molecule has 8 nitrogen and oxygen atoms in total. The van der Waals surface area contributed by atoms with Gasteiger partial charge in [0.05, 0.1) is 34.5 Å². The number of thiophene rings is 1. The minimum atomic E-state index is -0.684. The third kappa shape index (κ3) is 3.52. The number of primary amides is 1. The number of nitrogens with one attached hydrogen (secondary N) is 1. The van der Waals surface area contributed by atoms with Crippen LogP contribution in [0.15, 0.2) is 6.20 Å². The van der Waals surface area contributed by atoms with Crippen LogP contribution in [0.2, 0.25) is 5.02 Å². The molecule has 0 aliphatic carbocycles. The Morgan fingerprint density at radius 3 is 2.52 bits per heavy atom. The van der Waals surface area contributed by atoms with E-state index in [4.69, 9.17) is 22.1 Å². The molecular formula is C15H17ClN4O4S. The number of esters is 1. The van der Waals surface area contributed by atoms with Crippen molar-refractivity contribution in [2.75, 3.05) is 12.4 Å². The molecule has 0 fully saturated rings. The van der Waals surface area contributed by atoms with Gasteiger partial charge in [-0.05, 0) is 26.3 Å². The number of hydrogen-bond acceptors (Lipinski definition) is 6. The van der Waals surface area contributed by atoms with Crippen LogP contribution in [0.4, 0.5) is 5.00 Å². The Kier molecular flexibility index (Phi) is 5.48. The lowest BCUT2D eigenvalue weighted by molar-refractivity contribution is -0.119. The van der Waals surface area contributed by atoms with Gasteiger partial charge in [0.2, 0.25) is 5.91 Å². The molecule has 2 rings (SSSR count). The fraction of sp³-hybridized carbons (Fsp3) is 0.333. The molecule has 3 N–H and O–H groups in total. The summed E-state index contributed by atoms with van der Waals surface area (Å²) in [6, 6.07) is -0.683. The summed E-state index contributed by atoms with van der Waals surface area (Å²) in [5, 5.41) is 7.35. The summed E-state index contributed by atoms with van der Waals surface area (Å²) >= 11 is 6.88. The number of carbonyl (C=O) groups excluding carboxylic acids is 3. The van der Waals surface area contributed by atoms with Crippen LogP contribution in [-0.2, 0) is 9.53 Å². The van der Waals surface area contributed by atoms with Crippen molar-refractivity contribution in [2.24, 2.45) is 5.73 Å². The fourth-order valence-electron chi connectivity index (χ4n) is 2.30. The van der Waals surface area contributed by atoms with Crippen LogP contribution >= 0.6 is 22.9 Å². The fourth-order valence-corrected chi connectivity index (χ4v) is 3.48. The minimum absolute atomic E-state index is 0.108. The Morgan fingerprint density at radius 1 is 1.40 bits per heavy atom. The van der Waals surface area contributed by atoms with E-state index in [0.29, 0.717) is 16.3 Å². The van der Waals surface area contributed by atoms with E-state index in [0.717, 1.165) is 11.3 Å². The van der Waals surface area contributed by atoms with Gasteiger partial charge in [-0.25, -0.2) is 4.79 Å². The molecule has 2 heterocycles. The largest absolute Gasteiger partial charge is 0.465 e. The van der Waals surface area contributed by atoms with E-state index in [9.17, 15) is 14.4 Å². The standard InChI is InChI=1S/C15H17ClN4O4S/c1-6-10(15(23)24-4)14(25-11(6)12(17)21)19-13(22)8(3)20-7(2)9(16)5-18-20/h5,8H,1-4H3,(H2,17,21)(H,19,22). The lowest BCUT2D eigenvalue weighted by atomic mass is 10.1. The predicted octanol–water partition coefficient (Wildman–Crippen LogP) is 2.30. The summed E-state index contributed by atoms with van der Waals surface area (Å²) in [5.41, 5.74) is 6.43. The van der Waals surface area contributed by atoms with E-state index in [1.165, 1.54) is 18.0 Å². The van der Waals surface area contributed by atoms with E-state index in [1.807, 2.05) is 0 Å². The summed E-state index contributed by atoms with van der Waals surface area (Å²) in [6.07, 6.45) is 1.45. The number of hydrogen-bond donors (Lipinski definition) is 2. The molecular weight excluding hydrogens is 368 g/mol. The van der Waals surface area contributed by atoms with Crippen LogP contribution in [0.1, 0.15) is 44.3 Å². The predicted molar refractivity (Wildman–Crippen MR) is 94.2 cm³/mol. The maximum Gasteiger partial charge on any atom is 0.341 e. The topological polar surface area (TPSA) is 116 Å². The number of nitrogens with zero attached hydrogens (tertiary/aromatic N) is 2. The molecule has 1 atom stereocenters. The first-order valence-electron chi connectivity index (χ1n) is 7.21. The molecule has 1 unspecified atom stereocenters. The van der Waals surface area contributed by atoms with Crippen LogP contribution in [0.5, 0.6) is 0 Å². The number of anilines is 1. The number of ether oxygens (including phenoxy) is 1. The summed E-state index contributed by atoms with van der Waals surface area (Å²) in [5.74, 6) is -1.77. The van der Waals surface area contributed by atoms with Crippen molar-refractivity contribution in [1.29, 1.82) is 0 Å². The van der Waals surface area contributed by atoms with E-state index in [-0.39, 0.29) is 15.4 Å². The molecule has 0 radical (unpaired) electrons. The third-order valence-corrected chi connectivity index (χ3v) is 5.32. The van der Waals surface area contributed by atoms with E-state index < -0.39 is 23.8 Å². The first-order chi connectivity index (χ1) is 11.7. The maximum atomic E-state index is 12.6. The zero-order chi connectivity index (χ0) is 18.9. The van der Waals surface area contributed by atoms with Crippen molar-refractivity contribution in [2.45, 2.75) is 26.8 Å². The highest BCUT2D eigenvalue weighted by atomic mass is 35.5. The Bertz CT molecular complexity index is 858. The van der Waals surface area contributed by atoms with Gasteiger partial charge in [-0.2, -0.15) is 5.10 Å². The van der Waals surface area contributed by atoms with Crippen LogP contribution < -0.4 is 11.1 Å². The van der Waals surface area contributed by atoms with Crippen molar-refractivity contribution >= 4 is 45.7 Å². The molecule has 10 heteroatoms. The zero-order valence-electron chi connectivity index (χ0n) is 14.0. The molecule has 0 saturated heterocycles. The number of methoxy groups -OCH3 is 1. The number of rotatable bonds is 5. The summed E-state index contributed by atoms with van der Waals surface area (Å²) < 4.78 is 6.19. The molecule has 2 amide bonds. The molecule has 0 aliphatic rings. The normalized spacial score (nSPS) is 11.9. The second-order valence-corrected chi connectivity index (χ2v) is 6.73. The average Bonchev–Trinajstić information content (AvgIpc) is 3.06. The first kappa shape index (κ1) is 18.9. The molecule has 25 heavy (non-hydrogen) atoms. The number of aromatic nitrogens is 2. The third-order valence-electron chi connectivity index (χ3n) is 3.73. The number of halogens is 1. The first-order valence-corrected chi connectivity index (χ1v) is 8.40. The minimum Gasteiger partial charge on any atom is -0.465 e. The van der Waals surface area contributed by atoms with Gasteiger partial charge in [-0.15, -0.1) is 11.3 Å². The molecule has 2 aromatic heterocycles.